The number of phenols is 1. The first-order valence-corrected chi connectivity index (χ1v) is 11.2. The van der Waals surface area contributed by atoms with Gasteiger partial charge in [0, 0.05) is 37.3 Å². The Labute approximate surface area is 194 Å². The number of aryl methyl sites for hydroxylation is 1. The van der Waals surface area contributed by atoms with Crippen molar-refractivity contribution in [1.82, 2.24) is 4.90 Å². The normalized spacial score (nSPS) is 13.3. The van der Waals surface area contributed by atoms with Gasteiger partial charge in [-0.15, -0.1) is 0 Å². The van der Waals surface area contributed by atoms with Gasteiger partial charge in [0.1, 0.15) is 17.2 Å². The molecular formula is C27H30N2O4. The molecule has 0 unspecified atom stereocenters. The van der Waals surface area contributed by atoms with Crippen LogP contribution in [-0.4, -0.2) is 36.7 Å². The summed E-state index contributed by atoms with van der Waals surface area (Å²) < 4.78 is 10.7. The van der Waals surface area contributed by atoms with E-state index in [9.17, 15) is 9.90 Å². The number of carbonyl (C=O) groups is 1. The largest absolute Gasteiger partial charge is 0.508 e. The molecular weight excluding hydrogens is 416 g/mol. The molecule has 6 nitrogen and oxygen atoms in total. The van der Waals surface area contributed by atoms with Gasteiger partial charge >= 0.3 is 0 Å². The lowest BCUT2D eigenvalue weighted by atomic mass is 9.98. The van der Waals surface area contributed by atoms with Crippen molar-refractivity contribution < 1.29 is 19.4 Å². The second-order valence-electron chi connectivity index (χ2n) is 8.30. The minimum absolute atomic E-state index is 0.0187. The zero-order valence-corrected chi connectivity index (χ0v) is 19.1. The summed E-state index contributed by atoms with van der Waals surface area (Å²) in [6.45, 7) is 2.31. The summed E-state index contributed by atoms with van der Waals surface area (Å²) >= 11 is 0. The molecule has 0 radical (unpaired) electrons. The van der Waals surface area contributed by atoms with Crippen LogP contribution in [0.5, 0.6) is 17.2 Å². The first-order valence-electron chi connectivity index (χ1n) is 11.2. The molecule has 1 aliphatic heterocycles. The van der Waals surface area contributed by atoms with Crippen molar-refractivity contribution in [2.75, 3.05) is 26.1 Å². The Balaban J connectivity index is 1.38. The average Bonchev–Trinajstić information content (AvgIpc) is 2.84. The number of hydrogen-bond acceptors (Lipinski definition) is 5. The molecule has 0 fully saturated rings. The highest BCUT2D eigenvalue weighted by molar-refractivity contribution is 5.91. The van der Waals surface area contributed by atoms with Crippen molar-refractivity contribution >= 4 is 11.6 Å². The van der Waals surface area contributed by atoms with E-state index in [2.05, 4.69) is 22.3 Å². The summed E-state index contributed by atoms with van der Waals surface area (Å²) in [6, 6.07) is 19.2. The molecule has 0 saturated carbocycles. The molecule has 1 aliphatic rings. The maximum atomic E-state index is 12.6. The number of benzene rings is 3. The molecule has 0 aliphatic carbocycles. The number of rotatable bonds is 8. The van der Waals surface area contributed by atoms with E-state index in [1.807, 2.05) is 36.4 Å². The monoisotopic (exact) mass is 446 g/mol. The molecule has 3 aromatic carbocycles. The SMILES string of the molecule is COc1ccc(O)c(CN2CCc3ccc(NC(=O)CCc4ccccc4OC)cc3C2)c1. The number of anilines is 1. The van der Waals surface area contributed by atoms with Crippen molar-refractivity contribution in [3.8, 4) is 17.2 Å². The second kappa shape index (κ2) is 10.4. The number of para-hydroxylation sites is 1. The molecule has 0 spiro atoms. The number of nitrogens with one attached hydrogen (secondary N) is 1. The number of phenolic OH excluding ortho intramolecular Hbond substituents is 1. The van der Waals surface area contributed by atoms with Crippen LogP contribution in [0.1, 0.15) is 28.7 Å². The van der Waals surface area contributed by atoms with E-state index in [4.69, 9.17) is 9.47 Å². The summed E-state index contributed by atoms with van der Waals surface area (Å²) in [4.78, 5) is 14.9. The minimum atomic E-state index is -0.0187. The highest BCUT2D eigenvalue weighted by Gasteiger charge is 2.19. The number of ether oxygens (including phenoxy) is 2. The fraction of sp³-hybridized carbons (Fsp3) is 0.296. The molecule has 1 amide bonds. The van der Waals surface area contributed by atoms with Gasteiger partial charge in [-0.25, -0.2) is 0 Å². The van der Waals surface area contributed by atoms with Gasteiger partial charge in [-0.2, -0.15) is 0 Å². The van der Waals surface area contributed by atoms with Crippen LogP contribution in [0.25, 0.3) is 0 Å². The minimum Gasteiger partial charge on any atom is -0.508 e. The highest BCUT2D eigenvalue weighted by Crippen LogP contribution is 2.28. The Morgan fingerprint density at radius 3 is 2.67 bits per heavy atom. The maximum Gasteiger partial charge on any atom is 0.224 e. The number of aromatic hydroxyl groups is 1. The molecule has 2 N–H and O–H groups in total. The van der Waals surface area contributed by atoms with E-state index in [-0.39, 0.29) is 11.7 Å². The standard InChI is InChI=1S/C27H30N2O4/c1-32-24-10-11-25(30)22(16-24)18-29-14-13-19-7-9-23(15-21(19)17-29)28-27(31)12-8-20-5-3-4-6-26(20)33-2/h3-7,9-11,15-16,30H,8,12-14,17-18H2,1-2H3,(H,28,31). The Kier molecular flexibility index (Phi) is 7.15. The molecule has 33 heavy (non-hydrogen) atoms. The van der Waals surface area contributed by atoms with Crippen LogP contribution in [0.15, 0.2) is 60.7 Å². The number of fused-ring (bicyclic) bond motifs is 1. The lowest BCUT2D eigenvalue weighted by Gasteiger charge is -2.29. The van der Waals surface area contributed by atoms with Gasteiger partial charge < -0.3 is 19.9 Å². The molecule has 0 atom stereocenters. The number of nitrogens with zero attached hydrogens (tertiary/aromatic N) is 1. The van der Waals surface area contributed by atoms with Crippen molar-refractivity contribution in [2.45, 2.75) is 32.4 Å². The van der Waals surface area contributed by atoms with Crippen molar-refractivity contribution in [1.29, 1.82) is 0 Å². The van der Waals surface area contributed by atoms with Gasteiger partial charge in [-0.1, -0.05) is 24.3 Å². The van der Waals surface area contributed by atoms with Gasteiger partial charge in [-0.05, 0) is 65.9 Å². The van der Waals surface area contributed by atoms with Gasteiger partial charge in [-0.3, -0.25) is 9.69 Å². The third-order valence-electron chi connectivity index (χ3n) is 6.08. The summed E-state index contributed by atoms with van der Waals surface area (Å²) in [5, 5.41) is 13.3. The van der Waals surface area contributed by atoms with Crippen LogP contribution in [0, 0.1) is 0 Å². The number of methoxy groups -OCH3 is 2. The van der Waals surface area contributed by atoms with E-state index >= 15 is 0 Å². The molecule has 0 bridgehead atoms. The smallest absolute Gasteiger partial charge is 0.224 e. The Morgan fingerprint density at radius 1 is 1.00 bits per heavy atom. The highest BCUT2D eigenvalue weighted by atomic mass is 16.5. The van der Waals surface area contributed by atoms with Gasteiger partial charge in [0.25, 0.3) is 0 Å². The van der Waals surface area contributed by atoms with Crippen LogP contribution < -0.4 is 14.8 Å². The predicted octanol–water partition coefficient (Wildman–Crippen LogP) is 4.54. The van der Waals surface area contributed by atoms with Crippen LogP contribution in [0.2, 0.25) is 0 Å². The van der Waals surface area contributed by atoms with Crippen LogP contribution in [0.3, 0.4) is 0 Å². The van der Waals surface area contributed by atoms with Crippen molar-refractivity contribution in [3.05, 3.63) is 82.9 Å². The summed E-state index contributed by atoms with van der Waals surface area (Å²) in [5.41, 5.74) is 5.18. The van der Waals surface area contributed by atoms with Gasteiger partial charge in [0.05, 0.1) is 14.2 Å². The summed E-state index contributed by atoms with van der Waals surface area (Å²) in [6.07, 6.45) is 1.94. The molecule has 0 saturated heterocycles. The lowest BCUT2D eigenvalue weighted by molar-refractivity contribution is -0.116. The first-order chi connectivity index (χ1) is 16.1. The van der Waals surface area contributed by atoms with Gasteiger partial charge in [0.2, 0.25) is 5.91 Å². The van der Waals surface area contributed by atoms with Crippen molar-refractivity contribution in [2.24, 2.45) is 0 Å². The quantitative estimate of drug-likeness (QED) is 0.532. The molecule has 3 aromatic rings. The molecule has 1 heterocycles. The van der Waals surface area contributed by atoms with Crippen LogP contribution in [-0.2, 0) is 30.7 Å². The Morgan fingerprint density at radius 2 is 1.85 bits per heavy atom. The van der Waals surface area contributed by atoms with Gasteiger partial charge in [0.15, 0.2) is 0 Å². The Bertz CT molecular complexity index is 1130. The van der Waals surface area contributed by atoms with Crippen LogP contribution in [0.4, 0.5) is 5.69 Å². The van der Waals surface area contributed by atoms with E-state index in [1.165, 1.54) is 11.1 Å². The maximum absolute atomic E-state index is 12.6. The first kappa shape index (κ1) is 22.7. The number of carbonyl (C=O) groups excluding carboxylic acids is 1. The molecule has 4 rings (SSSR count). The third-order valence-corrected chi connectivity index (χ3v) is 6.08. The Hall–Kier alpha value is -3.51. The lowest BCUT2D eigenvalue weighted by Crippen LogP contribution is -2.30. The molecule has 172 valence electrons. The zero-order valence-electron chi connectivity index (χ0n) is 19.1. The second-order valence-corrected chi connectivity index (χ2v) is 8.30. The third kappa shape index (κ3) is 5.65. The fourth-order valence-electron chi connectivity index (χ4n) is 4.27. The van der Waals surface area contributed by atoms with E-state index in [0.29, 0.717) is 19.4 Å². The predicted molar refractivity (Wildman–Crippen MR) is 129 cm³/mol. The summed E-state index contributed by atoms with van der Waals surface area (Å²) in [5.74, 6) is 1.80. The van der Waals surface area contributed by atoms with E-state index in [1.54, 1.807) is 26.4 Å². The number of amides is 1. The van der Waals surface area contributed by atoms with Crippen molar-refractivity contribution in [3.63, 3.8) is 0 Å². The average molecular weight is 447 g/mol. The summed E-state index contributed by atoms with van der Waals surface area (Å²) in [7, 11) is 3.27. The van der Waals surface area contributed by atoms with E-state index in [0.717, 1.165) is 47.8 Å². The molecule has 6 heteroatoms. The number of hydrogen-bond donors (Lipinski definition) is 2. The molecule has 0 aromatic heterocycles. The van der Waals surface area contributed by atoms with E-state index < -0.39 is 0 Å². The topological polar surface area (TPSA) is 71.0 Å². The zero-order chi connectivity index (χ0) is 23.2. The van der Waals surface area contributed by atoms with Crippen LogP contribution >= 0.6 is 0 Å². The fourth-order valence-corrected chi connectivity index (χ4v) is 4.27.